The summed E-state index contributed by atoms with van der Waals surface area (Å²) in [6.07, 6.45) is -0.980. The van der Waals surface area contributed by atoms with Crippen LogP contribution in [-0.4, -0.2) is 53.6 Å². The number of hydrogen-bond acceptors (Lipinski definition) is 4. The lowest BCUT2D eigenvalue weighted by Crippen LogP contribution is -2.49. The molecular formula is C16H21NO4. The Kier molecular flexibility index (Phi) is 4.75. The number of rotatable bonds is 3. The van der Waals surface area contributed by atoms with Crippen molar-refractivity contribution < 1.29 is 19.4 Å². The van der Waals surface area contributed by atoms with Crippen molar-refractivity contribution in [1.82, 2.24) is 4.90 Å². The lowest BCUT2D eigenvalue weighted by molar-refractivity contribution is -0.0745. The quantitative estimate of drug-likeness (QED) is 0.855. The molecule has 114 valence electrons. The standard InChI is InChI=1S/C16H21NO4/c1-10-4-5-13(8-14(10)11(2)18)16(20)17-6-7-21-15(9-17)12(3)19/h4-5,8,12,15,19H,6-7,9H2,1-3H3. The van der Waals surface area contributed by atoms with Crippen molar-refractivity contribution in [3.63, 3.8) is 0 Å². The Labute approximate surface area is 124 Å². The van der Waals surface area contributed by atoms with Gasteiger partial charge in [-0.2, -0.15) is 0 Å². The highest BCUT2D eigenvalue weighted by Gasteiger charge is 2.28. The average molecular weight is 291 g/mol. The zero-order chi connectivity index (χ0) is 15.6. The minimum absolute atomic E-state index is 0.0500. The third-order valence-electron chi connectivity index (χ3n) is 3.78. The molecule has 1 aliphatic rings. The molecule has 0 bridgehead atoms. The van der Waals surface area contributed by atoms with E-state index < -0.39 is 6.10 Å². The molecule has 5 nitrogen and oxygen atoms in total. The lowest BCUT2D eigenvalue weighted by atomic mass is 10.0. The zero-order valence-corrected chi connectivity index (χ0v) is 12.6. The third kappa shape index (κ3) is 3.49. The fourth-order valence-corrected chi connectivity index (χ4v) is 2.47. The minimum atomic E-state index is -0.619. The number of aliphatic hydroxyl groups is 1. The van der Waals surface area contributed by atoms with Crippen LogP contribution in [0, 0.1) is 6.92 Å². The molecule has 0 aliphatic carbocycles. The van der Waals surface area contributed by atoms with Gasteiger partial charge in [-0.25, -0.2) is 0 Å². The van der Waals surface area contributed by atoms with Gasteiger partial charge in [0.15, 0.2) is 5.78 Å². The first-order valence-corrected chi connectivity index (χ1v) is 7.10. The second kappa shape index (κ2) is 6.37. The number of Topliss-reactive ketones (excluding diaryl/α,β-unsaturated/α-hetero) is 1. The molecular weight excluding hydrogens is 270 g/mol. The summed E-state index contributed by atoms with van der Waals surface area (Å²) < 4.78 is 5.44. The van der Waals surface area contributed by atoms with Crippen molar-refractivity contribution in [3.8, 4) is 0 Å². The molecule has 1 amide bonds. The summed E-state index contributed by atoms with van der Waals surface area (Å²) in [7, 11) is 0. The van der Waals surface area contributed by atoms with Crippen LogP contribution in [0.1, 0.15) is 40.1 Å². The van der Waals surface area contributed by atoms with E-state index in [1.807, 2.05) is 6.92 Å². The average Bonchev–Trinajstić information content (AvgIpc) is 2.46. The Balaban J connectivity index is 2.20. The monoisotopic (exact) mass is 291 g/mol. The number of carbonyl (C=O) groups excluding carboxylic acids is 2. The van der Waals surface area contributed by atoms with E-state index in [2.05, 4.69) is 0 Å². The SMILES string of the molecule is CC(=O)c1cc(C(=O)N2CCOC(C(C)O)C2)ccc1C. The zero-order valence-electron chi connectivity index (χ0n) is 12.6. The van der Waals surface area contributed by atoms with E-state index in [1.165, 1.54) is 6.92 Å². The van der Waals surface area contributed by atoms with Crippen LogP contribution in [0.15, 0.2) is 18.2 Å². The molecule has 1 aromatic carbocycles. The number of nitrogens with zero attached hydrogens (tertiary/aromatic N) is 1. The number of amides is 1. The second-order valence-electron chi connectivity index (χ2n) is 5.49. The van der Waals surface area contributed by atoms with E-state index in [9.17, 15) is 14.7 Å². The highest BCUT2D eigenvalue weighted by atomic mass is 16.5. The van der Waals surface area contributed by atoms with E-state index >= 15 is 0 Å². The predicted molar refractivity (Wildman–Crippen MR) is 78.5 cm³/mol. The van der Waals surface area contributed by atoms with Gasteiger partial charge in [0, 0.05) is 24.2 Å². The first-order valence-electron chi connectivity index (χ1n) is 7.10. The number of benzene rings is 1. The Morgan fingerprint density at radius 1 is 1.43 bits per heavy atom. The van der Waals surface area contributed by atoms with Crippen LogP contribution in [0.2, 0.25) is 0 Å². The lowest BCUT2D eigenvalue weighted by Gasteiger charge is -2.34. The molecule has 5 heteroatoms. The second-order valence-corrected chi connectivity index (χ2v) is 5.49. The van der Waals surface area contributed by atoms with Crippen LogP contribution < -0.4 is 0 Å². The highest BCUT2D eigenvalue weighted by molar-refractivity contribution is 6.00. The molecule has 1 aliphatic heterocycles. The summed E-state index contributed by atoms with van der Waals surface area (Å²) in [4.78, 5) is 25.8. The molecule has 0 aromatic heterocycles. The molecule has 2 atom stereocenters. The van der Waals surface area contributed by atoms with Crippen LogP contribution in [-0.2, 0) is 4.74 Å². The molecule has 0 saturated carbocycles. The normalized spacial score (nSPS) is 20.2. The van der Waals surface area contributed by atoms with Crippen molar-refractivity contribution >= 4 is 11.7 Å². The molecule has 1 saturated heterocycles. The Morgan fingerprint density at radius 2 is 2.14 bits per heavy atom. The van der Waals surface area contributed by atoms with Crippen molar-refractivity contribution in [2.45, 2.75) is 33.0 Å². The van der Waals surface area contributed by atoms with E-state index in [0.717, 1.165) is 5.56 Å². The smallest absolute Gasteiger partial charge is 0.254 e. The summed E-state index contributed by atoms with van der Waals surface area (Å²) in [6, 6.07) is 5.17. The van der Waals surface area contributed by atoms with Gasteiger partial charge in [0.25, 0.3) is 5.91 Å². The van der Waals surface area contributed by atoms with Crippen molar-refractivity contribution in [2.24, 2.45) is 0 Å². The van der Waals surface area contributed by atoms with Crippen molar-refractivity contribution in [2.75, 3.05) is 19.7 Å². The van der Waals surface area contributed by atoms with Gasteiger partial charge in [-0.15, -0.1) is 0 Å². The molecule has 21 heavy (non-hydrogen) atoms. The summed E-state index contributed by atoms with van der Waals surface area (Å²) in [5.41, 5.74) is 1.93. The van der Waals surface area contributed by atoms with Gasteiger partial charge in [0.05, 0.1) is 12.7 Å². The van der Waals surface area contributed by atoms with Crippen molar-refractivity contribution in [3.05, 3.63) is 34.9 Å². The number of morpholine rings is 1. The molecule has 0 spiro atoms. The first-order chi connectivity index (χ1) is 9.90. The van der Waals surface area contributed by atoms with E-state index in [1.54, 1.807) is 30.0 Å². The summed E-state index contributed by atoms with van der Waals surface area (Å²) in [5, 5.41) is 9.59. The van der Waals surface area contributed by atoms with Gasteiger partial charge in [-0.1, -0.05) is 6.07 Å². The van der Waals surface area contributed by atoms with Gasteiger partial charge >= 0.3 is 0 Å². The number of hydrogen-bond donors (Lipinski definition) is 1. The predicted octanol–water partition coefficient (Wildman–Crippen LogP) is 1.42. The topological polar surface area (TPSA) is 66.8 Å². The van der Waals surface area contributed by atoms with Gasteiger partial charge in [-0.05, 0) is 38.5 Å². The van der Waals surface area contributed by atoms with Crippen LogP contribution in [0.4, 0.5) is 0 Å². The van der Waals surface area contributed by atoms with Crippen LogP contribution in [0.5, 0.6) is 0 Å². The van der Waals surface area contributed by atoms with Gasteiger partial charge in [0.2, 0.25) is 0 Å². The van der Waals surface area contributed by atoms with E-state index in [4.69, 9.17) is 4.74 Å². The Morgan fingerprint density at radius 3 is 2.76 bits per heavy atom. The number of ketones is 1. The summed E-state index contributed by atoms with van der Waals surface area (Å²) in [5.74, 6) is -0.183. The largest absolute Gasteiger partial charge is 0.391 e. The van der Waals surface area contributed by atoms with Gasteiger partial charge < -0.3 is 14.7 Å². The molecule has 1 fully saturated rings. The van der Waals surface area contributed by atoms with Gasteiger partial charge in [0.1, 0.15) is 6.10 Å². The Hall–Kier alpha value is -1.72. The minimum Gasteiger partial charge on any atom is -0.391 e. The van der Waals surface area contributed by atoms with Gasteiger partial charge in [-0.3, -0.25) is 9.59 Å². The number of carbonyl (C=O) groups is 2. The molecule has 1 aromatic rings. The maximum Gasteiger partial charge on any atom is 0.254 e. The maximum absolute atomic E-state index is 12.5. The molecule has 1 N–H and O–H groups in total. The summed E-state index contributed by atoms with van der Waals surface area (Å²) in [6.45, 7) is 6.26. The molecule has 2 rings (SSSR count). The fourth-order valence-electron chi connectivity index (χ4n) is 2.47. The Bertz CT molecular complexity index is 553. The van der Waals surface area contributed by atoms with Crippen molar-refractivity contribution in [1.29, 1.82) is 0 Å². The third-order valence-corrected chi connectivity index (χ3v) is 3.78. The summed E-state index contributed by atoms with van der Waals surface area (Å²) >= 11 is 0. The number of ether oxygens (including phenoxy) is 1. The van der Waals surface area contributed by atoms with Crippen LogP contribution in [0.3, 0.4) is 0 Å². The number of aryl methyl sites for hydroxylation is 1. The fraction of sp³-hybridized carbons (Fsp3) is 0.500. The van der Waals surface area contributed by atoms with Crippen LogP contribution in [0.25, 0.3) is 0 Å². The van der Waals surface area contributed by atoms with E-state index in [0.29, 0.717) is 30.8 Å². The first kappa shape index (κ1) is 15.7. The van der Waals surface area contributed by atoms with E-state index in [-0.39, 0.29) is 17.8 Å². The maximum atomic E-state index is 12.5. The molecule has 1 heterocycles. The highest BCUT2D eigenvalue weighted by Crippen LogP contribution is 2.16. The molecule has 2 unspecified atom stereocenters. The van der Waals surface area contributed by atoms with Crippen LogP contribution >= 0.6 is 0 Å². The number of aliphatic hydroxyl groups excluding tert-OH is 1. The molecule has 0 radical (unpaired) electrons.